The summed E-state index contributed by atoms with van der Waals surface area (Å²) < 4.78 is 1.12. The maximum Gasteiger partial charge on any atom is 0.131 e. The number of thiophene rings is 1. The predicted molar refractivity (Wildman–Crippen MR) is 75.5 cm³/mol. The monoisotopic (exact) mass is 312 g/mol. The Morgan fingerprint density at radius 3 is 2.65 bits per heavy atom. The molecule has 6 heteroatoms. The molecule has 2 N–H and O–H groups in total. The summed E-state index contributed by atoms with van der Waals surface area (Å²) in [4.78, 5) is 9.56. The third-order valence-electron chi connectivity index (χ3n) is 2.09. The fourth-order valence-corrected chi connectivity index (χ4v) is 2.75. The van der Waals surface area contributed by atoms with E-state index in [-0.39, 0.29) is 0 Å². The number of rotatable bonds is 5. The first kappa shape index (κ1) is 12.3. The number of anilines is 2. The highest BCUT2D eigenvalue weighted by Crippen LogP contribution is 2.20. The summed E-state index contributed by atoms with van der Waals surface area (Å²) in [5.74, 6) is 1.68. The molecule has 0 radical (unpaired) electrons. The van der Waals surface area contributed by atoms with E-state index in [0.29, 0.717) is 0 Å². The van der Waals surface area contributed by atoms with Gasteiger partial charge in [0.2, 0.25) is 0 Å². The summed E-state index contributed by atoms with van der Waals surface area (Å²) in [6, 6.07) is 4.01. The number of halogens is 1. The molecule has 17 heavy (non-hydrogen) atoms. The van der Waals surface area contributed by atoms with Gasteiger partial charge in [0.15, 0.2) is 0 Å². The van der Waals surface area contributed by atoms with Crippen LogP contribution in [-0.4, -0.2) is 16.5 Å². The van der Waals surface area contributed by atoms with Crippen LogP contribution in [0.5, 0.6) is 0 Å². The van der Waals surface area contributed by atoms with Gasteiger partial charge in [-0.15, -0.1) is 11.3 Å². The highest BCUT2D eigenvalue weighted by atomic mass is 79.9. The lowest BCUT2D eigenvalue weighted by Crippen LogP contribution is -2.03. The second-order valence-electron chi connectivity index (χ2n) is 3.40. The SMILES string of the molecule is CCNc1cc(NCc2cc(Br)cs2)ncn1. The fraction of sp³-hybridized carbons (Fsp3) is 0.273. The van der Waals surface area contributed by atoms with Crippen LogP contribution in [0.1, 0.15) is 11.8 Å². The summed E-state index contributed by atoms with van der Waals surface area (Å²) in [7, 11) is 0. The van der Waals surface area contributed by atoms with E-state index in [0.717, 1.165) is 29.2 Å². The second-order valence-corrected chi connectivity index (χ2v) is 5.32. The number of nitrogens with zero attached hydrogens (tertiary/aromatic N) is 2. The van der Waals surface area contributed by atoms with Crippen LogP contribution in [0.3, 0.4) is 0 Å². The molecular weight excluding hydrogens is 300 g/mol. The van der Waals surface area contributed by atoms with Crippen LogP contribution in [0, 0.1) is 0 Å². The van der Waals surface area contributed by atoms with Gasteiger partial charge in [-0.1, -0.05) is 0 Å². The maximum atomic E-state index is 4.17. The van der Waals surface area contributed by atoms with Crippen molar-refractivity contribution < 1.29 is 0 Å². The average Bonchev–Trinajstić information content (AvgIpc) is 2.74. The summed E-state index contributed by atoms with van der Waals surface area (Å²) in [6.45, 7) is 3.67. The van der Waals surface area contributed by atoms with Crippen molar-refractivity contribution in [3.63, 3.8) is 0 Å². The van der Waals surface area contributed by atoms with Crippen molar-refractivity contribution in [3.8, 4) is 0 Å². The third-order valence-corrected chi connectivity index (χ3v) is 3.79. The van der Waals surface area contributed by atoms with Crippen molar-refractivity contribution >= 4 is 38.9 Å². The molecule has 0 spiro atoms. The van der Waals surface area contributed by atoms with E-state index in [2.05, 4.69) is 48.0 Å². The van der Waals surface area contributed by atoms with Crippen molar-refractivity contribution in [2.24, 2.45) is 0 Å². The van der Waals surface area contributed by atoms with E-state index in [1.165, 1.54) is 4.88 Å². The Kier molecular flexibility index (Phi) is 4.33. The van der Waals surface area contributed by atoms with Gasteiger partial charge < -0.3 is 10.6 Å². The third kappa shape index (κ3) is 3.67. The van der Waals surface area contributed by atoms with E-state index in [9.17, 15) is 0 Å². The minimum atomic E-state index is 0.777. The molecule has 0 aliphatic rings. The Labute approximate surface area is 113 Å². The topological polar surface area (TPSA) is 49.8 Å². The number of hydrogen-bond acceptors (Lipinski definition) is 5. The molecule has 0 bridgehead atoms. The molecule has 0 saturated heterocycles. The standard InChI is InChI=1S/C11H13BrN4S/c1-2-13-10-4-11(16-7-15-10)14-5-9-3-8(12)6-17-9/h3-4,6-7H,2,5H2,1H3,(H2,13,14,15,16). The van der Waals surface area contributed by atoms with Crippen molar-refractivity contribution in [2.45, 2.75) is 13.5 Å². The lowest BCUT2D eigenvalue weighted by Gasteiger charge is -2.06. The molecule has 0 fully saturated rings. The van der Waals surface area contributed by atoms with Gasteiger partial charge >= 0.3 is 0 Å². The Morgan fingerprint density at radius 1 is 1.24 bits per heavy atom. The van der Waals surface area contributed by atoms with E-state index >= 15 is 0 Å². The Balaban J connectivity index is 1.96. The molecule has 2 rings (SSSR count). The van der Waals surface area contributed by atoms with Gasteiger partial charge in [0.25, 0.3) is 0 Å². The van der Waals surface area contributed by atoms with E-state index in [4.69, 9.17) is 0 Å². The molecule has 0 aromatic carbocycles. The maximum absolute atomic E-state index is 4.17. The summed E-state index contributed by atoms with van der Waals surface area (Å²) in [5.41, 5.74) is 0. The molecule has 0 aliphatic heterocycles. The Morgan fingerprint density at radius 2 is 2.00 bits per heavy atom. The van der Waals surface area contributed by atoms with Crippen LogP contribution in [0.2, 0.25) is 0 Å². The van der Waals surface area contributed by atoms with Crippen LogP contribution in [0.15, 0.2) is 28.3 Å². The predicted octanol–water partition coefficient (Wildman–Crippen LogP) is 3.34. The van der Waals surface area contributed by atoms with Gasteiger partial charge in [-0.05, 0) is 28.9 Å². The fourth-order valence-electron chi connectivity index (χ4n) is 1.36. The zero-order valence-electron chi connectivity index (χ0n) is 9.40. The molecule has 2 aromatic rings. The zero-order valence-corrected chi connectivity index (χ0v) is 11.8. The first-order valence-electron chi connectivity index (χ1n) is 5.30. The van der Waals surface area contributed by atoms with Gasteiger partial charge in [-0.3, -0.25) is 0 Å². The summed E-state index contributed by atoms with van der Waals surface area (Å²) >= 11 is 5.15. The van der Waals surface area contributed by atoms with Crippen LogP contribution in [0.25, 0.3) is 0 Å². The van der Waals surface area contributed by atoms with Crippen molar-refractivity contribution in [1.82, 2.24) is 9.97 Å². The van der Waals surface area contributed by atoms with Gasteiger partial charge in [0.05, 0.1) is 6.54 Å². The zero-order chi connectivity index (χ0) is 12.1. The second kappa shape index (κ2) is 5.97. The normalized spacial score (nSPS) is 10.2. The molecule has 0 amide bonds. The quantitative estimate of drug-likeness (QED) is 0.889. The molecular formula is C11H13BrN4S. The van der Waals surface area contributed by atoms with Crippen molar-refractivity contribution in [2.75, 3.05) is 17.2 Å². The molecule has 4 nitrogen and oxygen atoms in total. The Bertz CT molecular complexity index is 486. The minimum Gasteiger partial charge on any atom is -0.370 e. The van der Waals surface area contributed by atoms with Crippen molar-refractivity contribution in [3.05, 3.63) is 33.2 Å². The number of nitrogens with one attached hydrogen (secondary N) is 2. The lowest BCUT2D eigenvalue weighted by atomic mass is 10.4. The largest absolute Gasteiger partial charge is 0.370 e. The first-order chi connectivity index (χ1) is 8.28. The van der Waals surface area contributed by atoms with Crippen LogP contribution < -0.4 is 10.6 Å². The van der Waals surface area contributed by atoms with E-state index in [1.54, 1.807) is 17.7 Å². The number of aromatic nitrogens is 2. The molecule has 90 valence electrons. The molecule has 0 atom stereocenters. The smallest absolute Gasteiger partial charge is 0.131 e. The highest BCUT2D eigenvalue weighted by molar-refractivity contribution is 9.10. The van der Waals surface area contributed by atoms with Gasteiger partial charge in [0, 0.05) is 27.3 Å². The van der Waals surface area contributed by atoms with Crippen LogP contribution in [-0.2, 0) is 6.54 Å². The Hall–Kier alpha value is -1.14. The average molecular weight is 313 g/mol. The first-order valence-corrected chi connectivity index (χ1v) is 6.98. The molecule has 0 saturated carbocycles. The van der Waals surface area contributed by atoms with Gasteiger partial charge in [-0.25, -0.2) is 9.97 Å². The van der Waals surface area contributed by atoms with E-state index < -0.39 is 0 Å². The highest BCUT2D eigenvalue weighted by Gasteiger charge is 2.00. The number of hydrogen-bond donors (Lipinski definition) is 2. The summed E-state index contributed by atoms with van der Waals surface area (Å²) in [5, 5.41) is 8.50. The summed E-state index contributed by atoms with van der Waals surface area (Å²) in [6.07, 6.45) is 1.56. The van der Waals surface area contributed by atoms with Crippen LogP contribution >= 0.6 is 27.3 Å². The minimum absolute atomic E-state index is 0.777. The van der Waals surface area contributed by atoms with Gasteiger partial charge in [-0.2, -0.15) is 0 Å². The van der Waals surface area contributed by atoms with Gasteiger partial charge in [0.1, 0.15) is 18.0 Å². The molecule has 2 aromatic heterocycles. The van der Waals surface area contributed by atoms with Crippen molar-refractivity contribution in [1.29, 1.82) is 0 Å². The molecule has 2 heterocycles. The van der Waals surface area contributed by atoms with Crippen LogP contribution in [0.4, 0.5) is 11.6 Å². The lowest BCUT2D eigenvalue weighted by molar-refractivity contribution is 1.08. The van der Waals surface area contributed by atoms with E-state index in [1.807, 2.05) is 13.0 Å². The molecule has 0 aliphatic carbocycles. The molecule has 0 unspecified atom stereocenters.